The van der Waals surface area contributed by atoms with Crippen molar-refractivity contribution in [3.63, 3.8) is 0 Å². The monoisotopic (exact) mass is 250 g/mol. The van der Waals surface area contributed by atoms with Crippen molar-refractivity contribution in [1.29, 1.82) is 0 Å². The van der Waals surface area contributed by atoms with Crippen LogP contribution >= 0.6 is 0 Å². The SMILES string of the molecule is COCCC(N)C(=O)NC1COc2ccccc21. The first-order valence-corrected chi connectivity index (χ1v) is 5.99. The zero-order valence-electron chi connectivity index (χ0n) is 10.4. The van der Waals surface area contributed by atoms with Crippen molar-refractivity contribution in [2.24, 2.45) is 5.73 Å². The Morgan fingerprint density at radius 1 is 1.61 bits per heavy atom. The Morgan fingerprint density at radius 2 is 2.39 bits per heavy atom. The molecule has 2 rings (SSSR count). The van der Waals surface area contributed by atoms with Crippen molar-refractivity contribution in [3.8, 4) is 5.75 Å². The maximum absolute atomic E-state index is 11.9. The number of ether oxygens (including phenoxy) is 2. The van der Waals surface area contributed by atoms with Crippen LogP contribution in [0.4, 0.5) is 0 Å². The fourth-order valence-corrected chi connectivity index (χ4v) is 1.94. The summed E-state index contributed by atoms with van der Waals surface area (Å²) in [6.45, 7) is 0.939. The Labute approximate surface area is 106 Å². The van der Waals surface area contributed by atoms with Crippen molar-refractivity contribution in [3.05, 3.63) is 29.8 Å². The minimum atomic E-state index is -0.544. The second-order valence-corrected chi connectivity index (χ2v) is 4.30. The van der Waals surface area contributed by atoms with Gasteiger partial charge in [-0.05, 0) is 12.5 Å². The molecule has 2 unspecified atom stereocenters. The van der Waals surface area contributed by atoms with E-state index >= 15 is 0 Å². The summed E-state index contributed by atoms with van der Waals surface area (Å²) in [5.74, 6) is 0.658. The van der Waals surface area contributed by atoms with Gasteiger partial charge in [0.15, 0.2) is 0 Å². The van der Waals surface area contributed by atoms with Gasteiger partial charge < -0.3 is 20.5 Å². The minimum Gasteiger partial charge on any atom is -0.491 e. The lowest BCUT2D eigenvalue weighted by Gasteiger charge is -2.16. The van der Waals surface area contributed by atoms with Crippen LogP contribution in [0, 0.1) is 0 Å². The van der Waals surface area contributed by atoms with Crippen LogP contribution in [0.3, 0.4) is 0 Å². The molecule has 0 aromatic heterocycles. The molecule has 0 spiro atoms. The number of methoxy groups -OCH3 is 1. The van der Waals surface area contributed by atoms with Crippen LogP contribution in [-0.2, 0) is 9.53 Å². The number of carbonyl (C=O) groups excluding carboxylic acids is 1. The Bertz CT molecular complexity index is 422. The highest BCUT2D eigenvalue weighted by Crippen LogP contribution is 2.31. The molecule has 3 N–H and O–H groups in total. The van der Waals surface area contributed by atoms with Gasteiger partial charge in [-0.15, -0.1) is 0 Å². The van der Waals surface area contributed by atoms with Crippen molar-refractivity contribution < 1.29 is 14.3 Å². The van der Waals surface area contributed by atoms with Gasteiger partial charge in [0.1, 0.15) is 12.4 Å². The second-order valence-electron chi connectivity index (χ2n) is 4.30. The zero-order valence-corrected chi connectivity index (χ0v) is 10.4. The summed E-state index contributed by atoms with van der Waals surface area (Å²) >= 11 is 0. The Balaban J connectivity index is 1.93. The maximum Gasteiger partial charge on any atom is 0.237 e. The van der Waals surface area contributed by atoms with E-state index in [9.17, 15) is 4.79 Å². The minimum absolute atomic E-state index is 0.109. The van der Waals surface area contributed by atoms with E-state index in [1.165, 1.54) is 0 Å². The molecule has 1 aromatic carbocycles. The van der Waals surface area contributed by atoms with Crippen molar-refractivity contribution in [2.75, 3.05) is 20.3 Å². The van der Waals surface area contributed by atoms with E-state index in [-0.39, 0.29) is 11.9 Å². The van der Waals surface area contributed by atoms with E-state index in [0.717, 1.165) is 11.3 Å². The van der Waals surface area contributed by atoms with E-state index in [1.807, 2.05) is 24.3 Å². The summed E-state index contributed by atoms with van der Waals surface area (Å²) in [5.41, 5.74) is 6.77. The third-order valence-electron chi connectivity index (χ3n) is 2.99. The van der Waals surface area contributed by atoms with Crippen molar-refractivity contribution in [2.45, 2.75) is 18.5 Å². The summed E-state index contributed by atoms with van der Waals surface area (Å²) < 4.78 is 10.4. The predicted octanol–water partition coefficient (Wildman–Crippen LogP) is 0.600. The Hall–Kier alpha value is -1.59. The summed E-state index contributed by atoms with van der Waals surface area (Å²) in [6.07, 6.45) is 0.511. The molecule has 2 atom stereocenters. The van der Waals surface area contributed by atoms with Gasteiger partial charge in [0.05, 0.1) is 12.1 Å². The van der Waals surface area contributed by atoms with Crippen LogP contribution in [0.5, 0.6) is 5.75 Å². The number of carbonyl (C=O) groups is 1. The van der Waals surface area contributed by atoms with E-state index in [4.69, 9.17) is 15.2 Å². The van der Waals surface area contributed by atoms with E-state index < -0.39 is 6.04 Å². The average Bonchev–Trinajstić information content (AvgIpc) is 2.79. The number of hydrogen-bond donors (Lipinski definition) is 2. The Kier molecular flexibility index (Phi) is 4.17. The number of benzene rings is 1. The predicted molar refractivity (Wildman–Crippen MR) is 67.3 cm³/mol. The molecule has 5 nitrogen and oxygen atoms in total. The topological polar surface area (TPSA) is 73.6 Å². The smallest absolute Gasteiger partial charge is 0.237 e. The van der Waals surface area contributed by atoms with Crippen LogP contribution in [0.15, 0.2) is 24.3 Å². The first-order chi connectivity index (χ1) is 8.72. The number of amides is 1. The third-order valence-corrected chi connectivity index (χ3v) is 2.99. The van der Waals surface area contributed by atoms with Crippen LogP contribution in [-0.4, -0.2) is 32.3 Å². The molecule has 1 heterocycles. The fraction of sp³-hybridized carbons (Fsp3) is 0.462. The van der Waals surface area contributed by atoms with Gasteiger partial charge in [0.25, 0.3) is 0 Å². The number of hydrogen-bond acceptors (Lipinski definition) is 4. The highest BCUT2D eigenvalue weighted by molar-refractivity contribution is 5.82. The van der Waals surface area contributed by atoms with E-state index in [1.54, 1.807) is 7.11 Å². The first kappa shape index (κ1) is 12.9. The van der Waals surface area contributed by atoms with Gasteiger partial charge in [-0.3, -0.25) is 4.79 Å². The summed E-state index contributed by atoms with van der Waals surface area (Å²) in [7, 11) is 1.59. The maximum atomic E-state index is 11.9. The van der Waals surface area contributed by atoms with Gasteiger partial charge in [-0.25, -0.2) is 0 Å². The quantitative estimate of drug-likeness (QED) is 0.802. The number of nitrogens with two attached hydrogens (primary N) is 1. The van der Waals surface area contributed by atoms with Crippen LogP contribution < -0.4 is 15.8 Å². The van der Waals surface area contributed by atoms with Crippen LogP contribution in [0.2, 0.25) is 0 Å². The van der Waals surface area contributed by atoms with Gasteiger partial charge in [0.2, 0.25) is 5.91 Å². The number of nitrogens with one attached hydrogen (secondary N) is 1. The molecule has 0 aliphatic carbocycles. The molecule has 0 fully saturated rings. The summed E-state index contributed by atoms with van der Waals surface area (Å²) in [5, 5.41) is 2.90. The van der Waals surface area contributed by atoms with Crippen LogP contribution in [0.1, 0.15) is 18.0 Å². The average molecular weight is 250 g/mol. The lowest BCUT2D eigenvalue weighted by Crippen LogP contribution is -2.43. The van der Waals surface area contributed by atoms with Gasteiger partial charge in [-0.1, -0.05) is 18.2 Å². The van der Waals surface area contributed by atoms with E-state index in [2.05, 4.69) is 5.32 Å². The normalized spacial score (nSPS) is 18.9. The van der Waals surface area contributed by atoms with Gasteiger partial charge >= 0.3 is 0 Å². The molecule has 98 valence electrons. The highest BCUT2D eigenvalue weighted by atomic mass is 16.5. The molecule has 1 amide bonds. The standard InChI is InChI=1S/C13H18N2O3/c1-17-7-6-10(14)13(16)15-11-8-18-12-5-3-2-4-9(11)12/h2-5,10-11H,6-8,14H2,1H3,(H,15,16). The molecule has 1 aliphatic heterocycles. The van der Waals surface area contributed by atoms with E-state index in [0.29, 0.717) is 19.6 Å². The lowest BCUT2D eigenvalue weighted by molar-refractivity contribution is -0.123. The highest BCUT2D eigenvalue weighted by Gasteiger charge is 2.26. The molecule has 1 aromatic rings. The molecule has 0 saturated carbocycles. The number of rotatable bonds is 5. The molecule has 18 heavy (non-hydrogen) atoms. The van der Waals surface area contributed by atoms with Crippen molar-refractivity contribution in [1.82, 2.24) is 5.32 Å². The number of fused-ring (bicyclic) bond motifs is 1. The molecule has 0 bridgehead atoms. The van der Waals surface area contributed by atoms with Gasteiger partial charge in [0, 0.05) is 19.3 Å². The van der Waals surface area contributed by atoms with Gasteiger partial charge in [-0.2, -0.15) is 0 Å². The molecule has 0 radical (unpaired) electrons. The Morgan fingerprint density at radius 3 is 3.17 bits per heavy atom. The molecular formula is C13H18N2O3. The molecule has 0 saturated heterocycles. The van der Waals surface area contributed by atoms with Crippen molar-refractivity contribution >= 4 is 5.91 Å². The molecule has 1 aliphatic rings. The summed E-state index contributed by atoms with van der Waals surface area (Å²) in [4.78, 5) is 11.9. The molecular weight excluding hydrogens is 232 g/mol. The second kappa shape index (κ2) is 5.84. The summed E-state index contributed by atoms with van der Waals surface area (Å²) in [6, 6.07) is 7.03. The zero-order chi connectivity index (χ0) is 13.0. The first-order valence-electron chi connectivity index (χ1n) is 5.99. The largest absolute Gasteiger partial charge is 0.491 e. The molecule has 5 heteroatoms. The fourth-order valence-electron chi connectivity index (χ4n) is 1.94. The number of para-hydroxylation sites is 1. The van der Waals surface area contributed by atoms with Crippen LogP contribution in [0.25, 0.3) is 0 Å². The third kappa shape index (κ3) is 2.80. The lowest BCUT2D eigenvalue weighted by atomic mass is 10.1.